The number of carbonyl (C=O) groups is 1. The lowest BCUT2D eigenvalue weighted by Gasteiger charge is -2.07. The second-order valence-corrected chi connectivity index (χ2v) is 7.17. The number of rotatable bonds is 7. The molecule has 1 saturated carbocycles. The molecule has 1 aliphatic rings. The number of benzene rings is 1. The number of aromatic nitrogens is 4. The Morgan fingerprint density at radius 2 is 2.04 bits per heavy atom. The third-order valence-electron chi connectivity index (χ3n) is 4.54. The molecule has 1 aromatic carbocycles. The van der Waals surface area contributed by atoms with Gasteiger partial charge in [-0.1, -0.05) is 29.8 Å². The van der Waals surface area contributed by atoms with E-state index in [9.17, 15) is 13.6 Å². The van der Waals surface area contributed by atoms with Crippen molar-refractivity contribution in [3.05, 3.63) is 64.6 Å². The van der Waals surface area contributed by atoms with E-state index in [1.807, 2.05) is 18.2 Å². The zero-order valence-corrected chi connectivity index (χ0v) is 15.6. The van der Waals surface area contributed by atoms with Crippen molar-refractivity contribution < 1.29 is 13.6 Å². The molecule has 1 amide bonds. The molecule has 146 valence electrons. The van der Waals surface area contributed by atoms with Gasteiger partial charge in [-0.2, -0.15) is 10.2 Å². The Bertz CT molecular complexity index is 996. The number of alkyl halides is 2. The standard InChI is InChI=1S/C19H18ClF2N5O/c20-14-4-2-1-3-13(14)10-26-8-7-17(25-26)23-18(28)11-27-16(12-5-6-12)9-15(24-27)19(21)22/h1-4,7-9,12,19H,5-6,10-11H2,(H,23,25,28). The summed E-state index contributed by atoms with van der Waals surface area (Å²) in [5.74, 6) is 0.225. The summed E-state index contributed by atoms with van der Waals surface area (Å²) in [6.45, 7) is 0.341. The van der Waals surface area contributed by atoms with Gasteiger partial charge in [-0.05, 0) is 30.5 Å². The number of hydrogen-bond acceptors (Lipinski definition) is 3. The lowest BCUT2D eigenvalue weighted by molar-refractivity contribution is -0.117. The van der Waals surface area contributed by atoms with Crippen LogP contribution in [0.15, 0.2) is 42.6 Å². The van der Waals surface area contributed by atoms with Crippen LogP contribution >= 0.6 is 11.6 Å². The first-order valence-electron chi connectivity index (χ1n) is 8.92. The average molecular weight is 406 g/mol. The van der Waals surface area contributed by atoms with Crippen LogP contribution in [0.5, 0.6) is 0 Å². The van der Waals surface area contributed by atoms with E-state index in [1.54, 1.807) is 23.0 Å². The monoisotopic (exact) mass is 405 g/mol. The van der Waals surface area contributed by atoms with E-state index >= 15 is 0 Å². The van der Waals surface area contributed by atoms with Crippen molar-refractivity contribution in [2.24, 2.45) is 0 Å². The maximum atomic E-state index is 12.9. The Balaban J connectivity index is 1.41. The van der Waals surface area contributed by atoms with Gasteiger partial charge < -0.3 is 5.32 Å². The van der Waals surface area contributed by atoms with Crippen molar-refractivity contribution in [2.45, 2.75) is 38.3 Å². The fourth-order valence-corrected chi connectivity index (χ4v) is 3.22. The summed E-state index contributed by atoms with van der Waals surface area (Å²) in [5.41, 5.74) is 1.31. The van der Waals surface area contributed by atoms with Gasteiger partial charge in [0, 0.05) is 28.9 Å². The van der Waals surface area contributed by atoms with Crippen molar-refractivity contribution in [1.82, 2.24) is 19.6 Å². The third kappa shape index (κ3) is 4.22. The number of hydrogen-bond donors (Lipinski definition) is 1. The number of nitrogens with zero attached hydrogens (tertiary/aromatic N) is 4. The lowest BCUT2D eigenvalue weighted by atomic mass is 10.2. The van der Waals surface area contributed by atoms with Crippen LogP contribution in [0.4, 0.5) is 14.6 Å². The molecule has 6 nitrogen and oxygen atoms in total. The van der Waals surface area contributed by atoms with E-state index in [4.69, 9.17) is 11.6 Å². The third-order valence-corrected chi connectivity index (χ3v) is 4.91. The van der Waals surface area contributed by atoms with Crippen molar-refractivity contribution in [3.8, 4) is 0 Å². The van der Waals surface area contributed by atoms with Crippen LogP contribution < -0.4 is 5.32 Å². The largest absolute Gasteiger partial charge is 0.308 e. The quantitative estimate of drug-likeness (QED) is 0.639. The van der Waals surface area contributed by atoms with Gasteiger partial charge in [0.25, 0.3) is 6.43 Å². The molecule has 4 rings (SSSR count). The molecule has 2 heterocycles. The zero-order chi connectivity index (χ0) is 19.7. The fourth-order valence-electron chi connectivity index (χ4n) is 3.03. The minimum Gasteiger partial charge on any atom is -0.308 e. The highest BCUT2D eigenvalue weighted by Crippen LogP contribution is 2.41. The van der Waals surface area contributed by atoms with Gasteiger partial charge in [-0.25, -0.2) is 8.78 Å². The van der Waals surface area contributed by atoms with E-state index in [0.29, 0.717) is 23.1 Å². The van der Waals surface area contributed by atoms with E-state index in [1.165, 1.54) is 10.7 Å². The predicted octanol–water partition coefficient (Wildman–Crippen LogP) is 4.24. The summed E-state index contributed by atoms with van der Waals surface area (Å²) in [5, 5.41) is 11.5. The molecule has 9 heteroatoms. The molecule has 2 aromatic heterocycles. The van der Waals surface area contributed by atoms with Gasteiger partial charge in [0.05, 0.1) is 6.54 Å². The summed E-state index contributed by atoms with van der Waals surface area (Å²) in [7, 11) is 0. The first-order valence-corrected chi connectivity index (χ1v) is 9.30. The maximum Gasteiger partial charge on any atom is 0.282 e. The van der Waals surface area contributed by atoms with Gasteiger partial charge in [0.15, 0.2) is 5.82 Å². The van der Waals surface area contributed by atoms with Gasteiger partial charge in [-0.15, -0.1) is 0 Å². The van der Waals surface area contributed by atoms with Gasteiger partial charge in [0.1, 0.15) is 12.2 Å². The molecule has 0 unspecified atom stereocenters. The van der Waals surface area contributed by atoms with Crippen LogP contribution in [0.25, 0.3) is 0 Å². The van der Waals surface area contributed by atoms with E-state index in [0.717, 1.165) is 18.4 Å². The summed E-state index contributed by atoms with van der Waals surface area (Å²) in [6, 6.07) is 10.5. The molecule has 0 bridgehead atoms. The highest BCUT2D eigenvalue weighted by atomic mass is 35.5. The Kier molecular flexibility index (Phi) is 5.13. The van der Waals surface area contributed by atoms with E-state index in [2.05, 4.69) is 15.5 Å². The molecule has 0 saturated heterocycles. The minimum absolute atomic E-state index is 0.129. The fraction of sp³-hybridized carbons (Fsp3) is 0.316. The minimum atomic E-state index is -2.65. The van der Waals surface area contributed by atoms with Crippen molar-refractivity contribution in [1.29, 1.82) is 0 Å². The molecule has 28 heavy (non-hydrogen) atoms. The SMILES string of the molecule is O=C(Cn1nc(C(F)F)cc1C1CC1)Nc1ccn(Cc2ccccc2Cl)n1. The number of halogens is 3. The highest BCUT2D eigenvalue weighted by molar-refractivity contribution is 6.31. The molecule has 0 atom stereocenters. The summed E-state index contributed by atoms with van der Waals surface area (Å²) < 4.78 is 28.9. The summed E-state index contributed by atoms with van der Waals surface area (Å²) in [6.07, 6.45) is 0.949. The van der Waals surface area contributed by atoms with Crippen molar-refractivity contribution in [3.63, 3.8) is 0 Å². The first-order chi connectivity index (χ1) is 13.5. The van der Waals surface area contributed by atoms with Crippen LogP contribution in [0, 0.1) is 0 Å². The predicted molar refractivity (Wildman–Crippen MR) is 101 cm³/mol. The van der Waals surface area contributed by atoms with Crippen LogP contribution in [-0.2, 0) is 17.9 Å². The van der Waals surface area contributed by atoms with Crippen LogP contribution in [-0.4, -0.2) is 25.5 Å². The van der Waals surface area contributed by atoms with Gasteiger partial charge >= 0.3 is 0 Å². The first kappa shape index (κ1) is 18.6. The van der Waals surface area contributed by atoms with Crippen LogP contribution in [0.1, 0.15) is 42.1 Å². The molecular formula is C19H18ClF2N5O. The van der Waals surface area contributed by atoms with Crippen molar-refractivity contribution >= 4 is 23.3 Å². The molecule has 1 fully saturated rings. The van der Waals surface area contributed by atoms with Crippen molar-refractivity contribution in [2.75, 3.05) is 5.32 Å². The normalized spacial score (nSPS) is 13.9. The maximum absolute atomic E-state index is 12.9. The molecule has 3 aromatic rings. The zero-order valence-electron chi connectivity index (χ0n) is 14.9. The number of carbonyl (C=O) groups excluding carboxylic acids is 1. The highest BCUT2D eigenvalue weighted by Gasteiger charge is 2.30. The van der Waals surface area contributed by atoms with Crippen LogP contribution in [0.3, 0.4) is 0 Å². The van der Waals surface area contributed by atoms with Gasteiger partial charge in [0.2, 0.25) is 5.91 Å². The summed E-state index contributed by atoms with van der Waals surface area (Å²) in [4.78, 5) is 12.3. The van der Waals surface area contributed by atoms with Gasteiger partial charge in [-0.3, -0.25) is 14.2 Å². The molecule has 0 radical (unpaired) electrons. The smallest absolute Gasteiger partial charge is 0.282 e. The Morgan fingerprint density at radius 1 is 1.25 bits per heavy atom. The average Bonchev–Trinajstić information content (AvgIpc) is 3.27. The second-order valence-electron chi connectivity index (χ2n) is 6.76. The molecule has 0 aliphatic heterocycles. The Morgan fingerprint density at radius 3 is 2.75 bits per heavy atom. The Hall–Kier alpha value is -2.74. The second kappa shape index (κ2) is 7.71. The molecule has 0 spiro atoms. The molecular weight excluding hydrogens is 388 g/mol. The van der Waals surface area contributed by atoms with E-state index in [-0.39, 0.29) is 24.1 Å². The number of amides is 1. The number of anilines is 1. The molecule has 1 aliphatic carbocycles. The van der Waals surface area contributed by atoms with Crippen LogP contribution in [0.2, 0.25) is 5.02 Å². The summed E-state index contributed by atoms with van der Waals surface area (Å²) >= 11 is 6.15. The Labute approximate surface area is 165 Å². The molecule has 1 N–H and O–H groups in total. The lowest BCUT2D eigenvalue weighted by Crippen LogP contribution is -2.21. The topological polar surface area (TPSA) is 64.7 Å². The van der Waals surface area contributed by atoms with E-state index < -0.39 is 6.43 Å². The number of nitrogens with one attached hydrogen (secondary N) is 1.